The molecule has 0 spiro atoms. The molecule has 0 atom stereocenters. The summed E-state index contributed by atoms with van der Waals surface area (Å²) < 4.78 is 5.20. The highest BCUT2D eigenvalue weighted by Crippen LogP contribution is 2.44. The maximum atomic E-state index is 13.5. The Kier molecular flexibility index (Phi) is 6.16. The van der Waals surface area contributed by atoms with E-state index in [1.165, 1.54) is 0 Å². The van der Waals surface area contributed by atoms with Crippen molar-refractivity contribution in [1.82, 2.24) is 5.32 Å². The summed E-state index contributed by atoms with van der Waals surface area (Å²) in [6.07, 6.45) is 1.75. The van der Waals surface area contributed by atoms with Gasteiger partial charge in [-0.1, -0.05) is 67.6 Å². The van der Waals surface area contributed by atoms with Gasteiger partial charge >= 0.3 is 5.97 Å². The molecule has 0 amide bonds. The van der Waals surface area contributed by atoms with E-state index in [4.69, 9.17) is 4.74 Å². The molecule has 0 saturated carbocycles. The van der Waals surface area contributed by atoms with Gasteiger partial charge in [0.05, 0.1) is 0 Å². The van der Waals surface area contributed by atoms with Gasteiger partial charge in [0, 0.05) is 0 Å². The number of carbonyl (C=O) groups is 1. The lowest BCUT2D eigenvalue weighted by atomic mass is 9.90. The lowest BCUT2D eigenvalue weighted by molar-refractivity contribution is -0.152. The smallest absolute Gasteiger partial charge is 0.331 e. The molecule has 2 aromatic rings. The molecule has 1 aliphatic rings. The standard InChI is InChI=1S/C21H25NO2S/c1-2-25-21(17-9-5-3-6-10-17,18-11-7-4-8-12-18)20(23)24-19-13-15-22-16-14-19/h3-12,19,22H,2,13-16H2,1H3. The molecule has 1 N–H and O–H groups in total. The van der Waals surface area contributed by atoms with E-state index in [1.54, 1.807) is 11.8 Å². The minimum Gasteiger partial charge on any atom is -0.461 e. The first-order valence-electron chi connectivity index (χ1n) is 8.94. The molecular formula is C21H25NO2S. The van der Waals surface area contributed by atoms with E-state index >= 15 is 0 Å². The number of nitrogens with one attached hydrogen (secondary N) is 1. The summed E-state index contributed by atoms with van der Waals surface area (Å²) in [6.45, 7) is 3.90. The fourth-order valence-corrected chi connectivity index (χ4v) is 4.54. The first-order valence-corrected chi connectivity index (χ1v) is 9.92. The number of benzene rings is 2. The second kappa shape index (κ2) is 8.54. The lowest BCUT2D eigenvalue weighted by Crippen LogP contribution is -2.41. The molecule has 1 heterocycles. The van der Waals surface area contributed by atoms with Crippen LogP contribution in [0.2, 0.25) is 0 Å². The molecule has 3 rings (SSSR count). The Morgan fingerprint density at radius 2 is 1.56 bits per heavy atom. The number of hydrogen-bond acceptors (Lipinski definition) is 4. The summed E-state index contributed by atoms with van der Waals surface area (Å²) in [4.78, 5) is 13.5. The van der Waals surface area contributed by atoms with Gasteiger partial charge in [0.1, 0.15) is 6.10 Å². The predicted octanol–water partition coefficient (Wildman–Crippen LogP) is 3.98. The number of rotatable bonds is 6. The molecule has 1 fully saturated rings. The van der Waals surface area contributed by atoms with E-state index < -0.39 is 4.75 Å². The minimum atomic E-state index is -0.817. The highest BCUT2D eigenvalue weighted by molar-refractivity contribution is 8.01. The zero-order valence-corrected chi connectivity index (χ0v) is 15.4. The van der Waals surface area contributed by atoms with Crippen LogP contribution in [0.5, 0.6) is 0 Å². The van der Waals surface area contributed by atoms with Crippen LogP contribution in [0.1, 0.15) is 30.9 Å². The van der Waals surface area contributed by atoms with Crippen LogP contribution in [-0.4, -0.2) is 30.9 Å². The molecule has 25 heavy (non-hydrogen) atoms. The number of esters is 1. The van der Waals surface area contributed by atoms with Gasteiger partial charge in [-0.05, 0) is 42.8 Å². The lowest BCUT2D eigenvalue weighted by Gasteiger charge is -2.34. The van der Waals surface area contributed by atoms with Crippen LogP contribution in [-0.2, 0) is 14.3 Å². The normalized spacial score (nSPS) is 15.7. The molecule has 0 radical (unpaired) electrons. The van der Waals surface area contributed by atoms with Crippen molar-refractivity contribution in [3.63, 3.8) is 0 Å². The third-order valence-electron chi connectivity index (χ3n) is 4.57. The number of hydrogen-bond donors (Lipinski definition) is 1. The topological polar surface area (TPSA) is 38.3 Å². The van der Waals surface area contributed by atoms with Gasteiger partial charge in [-0.2, -0.15) is 0 Å². The highest BCUT2D eigenvalue weighted by Gasteiger charge is 2.44. The number of thioether (sulfide) groups is 1. The van der Waals surface area contributed by atoms with E-state index in [0.717, 1.165) is 42.8 Å². The number of ether oxygens (including phenoxy) is 1. The van der Waals surface area contributed by atoms with Crippen LogP contribution in [0, 0.1) is 0 Å². The van der Waals surface area contributed by atoms with Gasteiger partial charge in [-0.3, -0.25) is 0 Å². The predicted molar refractivity (Wildman–Crippen MR) is 104 cm³/mol. The largest absolute Gasteiger partial charge is 0.461 e. The quantitative estimate of drug-likeness (QED) is 0.796. The van der Waals surface area contributed by atoms with Crippen molar-refractivity contribution in [2.45, 2.75) is 30.6 Å². The molecule has 0 bridgehead atoms. The van der Waals surface area contributed by atoms with Crippen molar-refractivity contribution in [2.24, 2.45) is 0 Å². The molecule has 0 unspecified atom stereocenters. The molecule has 4 heteroatoms. The Morgan fingerprint density at radius 3 is 2.04 bits per heavy atom. The first-order chi connectivity index (χ1) is 12.3. The first kappa shape index (κ1) is 18.0. The monoisotopic (exact) mass is 355 g/mol. The van der Waals surface area contributed by atoms with Crippen LogP contribution in [0.25, 0.3) is 0 Å². The van der Waals surface area contributed by atoms with Crippen molar-refractivity contribution < 1.29 is 9.53 Å². The maximum Gasteiger partial charge on any atom is 0.331 e. The van der Waals surface area contributed by atoms with Crippen LogP contribution in [0.4, 0.5) is 0 Å². The molecule has 2 aromatic carbocycles. The van der Waals surface area contributed by atoms with Gasteiger partial charge in [0.2, 0.25) is 0 Å². The fourth-order valence-electron chi connectivity index (χ4n) is 3.34. The third kappa shape index (κ3) is 3.91. The summed E-state index contributed by atoms with van der Waals surface area (Å²) in [5, 5.41) is 3.32. The van der Waals surface area contributed by atoms with Crippen LogP contribution < -0.4 is 5.32 Å². The van der Waals surface area contributed by atoms with Crippen molar-refractivity contribution in [2.75, 3.05) is 18.8 Å². The SMILES string of the molecule is CCSC(C(=O)OC1CCNCC1)(c1ccccc1)c1ccccc1. The van der Waals surface area contributed by atoms with Gasteiger partial charge in [0.15, 0.2) is 4.75 Å². The summed E-state index contributed by atoms with van der Waals surface area (Å²) >= 11 is 1.64. The summed E-state index contributed by atoms with van der Waals surface area (Å²) in [5.41, 5.74) is 1.96. The average molecular weight is 356 g/mol. The van der Waals surface area contributed by atoms with Crippen molar-refractivity contribution in [3.05, 3.63) is 71.8 Å². The summed E-state index contributed by atoms with van der Waals surface area (Å²) in [7, 11) is 0. The third-order valence-corrected chi connectivity index (χ3v) is 5.93. The Bertz CT molecular complexity index is 629. The van der Waals surface area contributed by atoms with Crippen molar-refractivity contribution >= 4 is 17.7 Å². The van der Waals surface area contributed by atoms with Crippen LogP contribution in [0.3, 0.4) is 0 Å². The molecule has 3 nitrogen and oxygen atoms in total. The maximum absolute atomic E-state index is 13.5. The molecule has 0 aliphatic carbocycles. The Morgan fingerprint density at radius 1 is 1.04 bits per heavy atom. The van der Waals surface area contributed by atoms with Gasteiger partial charge in [0.25, 0.3) is 0 Å². The van der Waals surface area contributed by atoms with Gasteiger partial charge in [-0.15, -0.1) is 11.8 Å². The summed E-state index contributed by atoms with van der Waals surface area (Å²) in [6, 6.07) is 20.0. The molecular weight excluding hydrogens is 330 g/mol. The second-order valence-electron chi connectivity index (χ2n) is 6.20. The number of piperidine rings is 1. The molecule has 0 aromatic heterocycles. The Labute approximate surface area is 154 Å². The number of carbonyl (C=O) groups excluding carboxylic acids is 1. The van der Waals surface area contributed by atoms with E-state index in [0.29, 0.717) is 0 Å². The van der Waals surface area contributed by atoms with E-state index in [1.807, 2.05) is 60.7 Å². The zero-order valence-electron chi connectivity index (χ0n) is 14.6. The van der Waals surface area contributed by atoms with Gasteiger partial charge < -0.3 is 10.1 Å². The Hall–Kier alpha value is -1.78. The van der Waals surface area contributed by atoms with E-state index in [9.17, 15) is 4.79 Å². The Balaban J connectivity index is 2.02. The van der Waals surface area contributed by atoms with Crippen LogP contribution >= 0.6 is 11.8 Å². The van der Waals surface area contributed by atoms with E-state index in [2.05, 4.69) is 12.2 Å². The minimum absolute atomic E-state index is 0.00185. The second-order valence-corrected chi connectivity index (χ2v) is 7.68. The molecule has 1 saturated heterocycles. The highest BCUT2D eigenvalue weighted by atomic mass is 32.2. The summed E-state index contributed by atoms with van der Waals surface area (Å²) in [5.74, 6) is 0.675. The zero-order chi connectivity index (χ0) is 17.5. The van der Waals surface area contributed by atoms with Crippen molar-refractivity contribution in [3.8, 4) is 0 Å². The van der Waals surface area contributed by atoms with E-state index in [-0.39, 0.29) is 12.1 Å². The van der Waals surface area contributed by atoms with Gasteiger partial charge in [-0.25, -0.2) is 4.79 Å². The average Bonchev–Trinajstić information content (AvgIpc) is 2.68. The van der Waals surface area contributed by atoms with Crippen molar-refractivity contribution in [1.29, 1.82) is 0 Å². The molecule has 1 aliphatic heterocycles. The van der Waals surface area contributed by atoms with Crippen LogP contribution in [0.15, 0.2) is 60.7 Å². The fraction of sp³-hybridized carbons (Fsp3) is 0.381. The molecule has 132 valence electrons.